The molecule has 37 heavy (non-hydrogen) atoms. The summed E-state index contributed by atoms with van der Waals surface area (Å²) in [5.41, 5.74) is 9.27. The number of rotatable bonds is 9. The fourth-order valence-corrected chi connectivity index (χ4v) is 4.35. The fraction of sp³-hybridized carbons (Fsp3) is 0.357. The summed E-state index contributed by atoms with van der Waals surface area (Å²) in [4.78, 5) is 4.35. The molecule has 4 aromatic rings. The first-order valence-corrected chi connectivity index (χ1v) is 12.0. The highest BCUT2D eigenvalue weighted by atomic mass is 19.2. The van der Waals surface area contributed by atoms with E-state index in [-0.39, 0.29) is 18.8 Å². The average Bonchev–Trinajstić information content (AvgIpc) is 3.18. The van der Waals surface area contributed by atoms with Crippen LogP contribution < -0.4 is 10.5 Å². The zero-order valence-corrected chi connectivity index (χ0v) is 21.4. The average molecular weight is 513 g/mol. The molecular weight excluding hydrogens is 481 g/mol. The van der Waals surface area contributed by atoms with Gasteiger partial charge >= 0.3 is 0 Å². The van der Waals surface area contributed by atoms with E-state index < -0.39 is 29.8 Å². The van der Waals surface area contributed by atoms with Gasteiger partial charge in [0.25, 0.3) is 0 Å². The number of aryl methyl sites for hydroxylation is 1. The second-order valence-electron chi connectivity index (χ2n) is 9.84. The number of nitrogens with zero attached hydrogens (tertiary/aromatic N) is 3. The van der Waals surface area contributed by atoms with Gasteiger partial charge in [-0.2, -0.15) is 9.49 Å². The number of aromatic nitrogens is 3. The van der Waals surface area contributed by atoms with E-state index >= 15 is 0 Å². The molecule has 1 atom stereocenters. The molecule has 0 aliphatic carbocycles. The maximum atomic E-state index is 15.0. The SMILES string of the molecule is Cc1c(CCOc2c(-c3ccc4nccc(CN)c4c3)ccc(F)c2F)c(C(O)C(C)(C)CF)nn1C. The van der Waals surface area contributed by atoms with Crippen molar-refractivity contribution < 1.29 is 23.0 Å². The standard InChI is InChI=1S/C28H31F3N4O2/c1-16-19(25(34-35(16)4)27(36)28(2,3)15-29)10-12-37-26-20(6-7-22(30)24(26)31)17-5-8-23-21(13-17)18(14-32)9-11-33-23/h5-9,11,13,27,36H,10,12,14-15,32H2,1-4H3. The smallest absolute Gasteiger partial charge is 0.201 e. The van der Waals surface area contributed by atoms with Gasteiger partial charge in [0, 0.05) is 53.8 Å². The summed E-state index contributed by atoms with van der Waals surface area (Å²) < 4.78 is 50.2. The molecule has 0 aliphatic heterocycles. The maximum absolute atomic E-state index is 15.0. The van der Waals surface area contributed by atoms with Crippen LogP contribution >= 0.6 is 0 Å². The summed E-state index contributed by atoms with van der Waals surface area (Å²) in [6, 6.07) is 9.77. The first-order valence-electron chi connectivity index (χ1n) is 12.0. The summed E-state index contributed by atoms with van der Waals surface area (Å²) in [5.74, 6) is -2.34. The molecule has 9 heteroatoms. The third kappa shape index (κ3) is 5.06. The number of hydrogen-bond donors (Lipinski definition) is 2. The highest BCUT2D eigenvalue weighted by molar-refractivity contribution is 5.88. The Morgan fingerprint density at radius 2 is 1.92 bits per heavy atom. The predicted molar refractivity (Wildman–Crippen MR) is 137 cm³/mol. The van der Waals surface area contributed by atoms with Crippen LogP contribution in [-0.4, -0.2) is 33.2 Å². The highest BCUT2D eigenvalue weighted by Gasteiger charge is 2.34. The lowest BCUT2D eigenvalue weighted by atomic mass is 9.84. The lowest BCUT2D eigenvalue weighted by Gasteiger charge is -2.26. The third-order valence-corrected chi connectivity index (χ3v) is 6.84. The summed E-state index contributed by atoms with van der Waals surface area (Å²) >= 11 is 0. The Bertz CT molecular complexity index is 1430. The number of aliphatic hydroxyl groups is 1. The second kappa shape index (κ2) is 10.5. The minimum absolute atomic E-state index is 0.0150. The molecular formula is C28H31F3N4O2. The Balaban J connectivity index is 1.66. The molecule has 0 saturated carbocycles. The van der Waals surface area contributed by atoms with Crippen LogP contribution in [0, 0.1) is 24.0 Å². The van der Waals surface area contributed by atoms with Crippen molar-refractivity contribution in [3.8, 4) is 16.9 Å². The van der Waals surface area contributed by atoms with Crippen LogP contribution in [0.2, 0.25) is 0 Å². The van der Waals surface area contributed by atoms with E-state index in [2.05, 4.69) is 10.1 Å². The van der Waals surface area contributed by atoms with Crippen molar-refractivity contribution in [3.05, 3.63) is 76.7 Å². The van der Waals surface area contributed by atoms with Crippen molar-refractivity contribution in [1.29, 1.82) is 0 Å². The number of alkyl halides is 1. The van der Waals surface area contributed by atoms with Gasteiger partial charge in [0.1, 0.15) is 6.10 Å². The van der Waals surface area contributed by atoms with Gasteiger partial charge in [0.05, 0.1) is 24.5 Å². The van der Waals surface area contributed by atoms with Gasteiger partial charge in [0.2, 0.25) is 5.82 Å². The first-order chi connectivity index (χ1) is 17.6. The molecule has 0 bridgehead atoms. The summed E-state index contributed by atoms with van der Waals surface area (Å²) in [6.07, 6.45) is 0.788. The van der Waals surface area contributed by atoms with Gasteiger partial charge < -0.3 is 15.6 Å². The van der Waals surface area contributed by atoms with Gasteiger partial charge in [-0.25, -0.2) is 4.39 Å². The number of benzene rings is 2. The molecule has 3 N–H and O–H groups in total. The van der Waals surface area contributed by atoms with Crippen molar-refractivity contribution in [3.63, 3.8) is 0 Å². The van der Waals surface area contributed by atoms with Gasteiger partial charge in [0.15, 0.2) is 11.6 Å². The van der Waals surface area contributed by atoms with Gasteiger partial charge in [-0.15, -0.1) is 0 Å². The van der Waals surface area contributed by atoms with E-state index in [0.717, 1.165) is 28.2 Å². The molecule has 2 heterocycles. The van der Waals surface area contributed by atoms with E-state index in [1.54, 1.807) is 43.9 Å². The largest absolute Gasteiger partial charge is 0.489 e. The molecule has 0 aliphatic rings. The van der Waals surface area contributed by atoms with Crippen LogP contribution in [0.4, 0.5) is 13.2 Å². The molecule has 0 saturated heterocycles. The highest BCUT2D eigenvalue weighted by Crippen LogP contribution is 2.37. The Kier molecular flexibility index (Phi) is 7.57. The molecule has 0 spiro atoms. The Labute approximate surface area is 213 Å². The zero-order valence-electron chi connectivity index (χ0n) is 21.4. The lowest BCUT2D eigenvalue weighted by molar-refractivity contribution is 0.0266. The van der Waals surface area contributed by atoms with Gasteiger partial charge in [-0.1, -0.05) is 19.9 Å². The van der Waals surface area contributed by atoms with Crippen LogP contribution in [0.25, 0.3) is 22.0 Å². The normalized spacial score (nSPS) is 12.8. The van der Waals surface area contributed by atoms with Crippen LogP contribution in [0.5, 0.6) is 5.75 Å². The number of ether oxygens (including phenoxy) is 1. The van der Waals surface area contributed by atoms with E-state index in [1.807, 2.05) is 19.1 Å². The molecule has 1 unspecified atom stereocenters. The van der Waals surface area contributed by atoms with Crippen molar-refractivity contribution in [1.82, 2.24) is 14.8 Å². The van der Waals surface area contributed by atoms with Gasteiger partial charge in [-0.05, 0) is 48.4 Å². The number of pyridine rings is 1. The van der Waals surface area contributed by atoms with Crippen molar-refractivity contribution in [2.75, 3.05) is 13.3 Å². The second-order valence-corrected chi connectivity index (χ2v) is 9.84. The van der Waals surface area contributed by atoms with Crippen molar-refractivity contribution in [2.45, 2.75) is 39.8 Å². The molecule has 2 aromatic heterocycles. The number of fused-ring (bicyclic) bond motifs is 1. The molecule has 2 aromatic carbocycles. The fourth-order valence-electron chi connectivity index (χ4n) is 4.35. The number of nitrogens with two attached hydrogens (primary N) is 1. The van der Waals surface area contributed by atoms with E-state index in [1.165, 1.54) is 6.07 Å². The monoisotopic (exact) mass is 512 g/mol. The number of halogens is 3. The quantitative estimate of drug-likeness (QED) is 0.317. The third-order valence-electron chi connectivity index (χ3n) is 6.84. The van der Waals surface area contributed by atoms with Crippen LogP contribution in [-0.2, 0) is 20.0 Å². The van der Waals surface area contributed by atoms with E-state index in [9.17, 15) is 18.3 Å². The van der Waals surface area contributed by atoms with Crippen molar-refractivity contribution >= 4 is 10.9 Å². The Morgan fingerprint density at radius 3 is 2.62 bits per heavy atom. The maximum Gasteiger partial charge on any atom is 0.201 e. The summed E-state index contributed by atoms with van der Waals surface area (Å²) in [7, 11) is 1.73. The van der Waals surface area contributed by atoms with Crippen molar-refractivity contribution in [2.24, 2.45) is 18.2 Å². The van der Waals surface area contributed by atoms with E-state index in [0.29, 0.717) is 28.9 Å². The lowest BCUT2D eigenvalue weighted by Crippen LogP contribution is -2.25. The van der Waals surface area contributed by atoms with E-state index in [4.69, 9.17) is 10.5 Å². The molecule has 0 radical (unpaired) electrons. The minimum atomic E-state index is -1.14. The predicted octanol–water partition coefficient (Wildman–Crippen LogP) is 5.33. The first kappa shape index (κ1) is 26.6. The molecule has 4 rings (SSSR count). The topological polar surface area (TPSA) is 86.2 Å². The van der Waals surface area contributed by atoms with Crippen LogP contribution in [0.3, 0.4) is 0 Å². The Hall–Kier alpha value is -3.43. The minimum Gasteiger partial charge on any atom is -0.489 e. The number of aliphatic hydroxyl groups excluding tert-OH is 1. The summed E-state index contributed by atoms with van der Waals surface area (Å²) in [6.45, 7) is 4.62. The zero-order chi connectivity index (χ0) is 26.9. The van der Waals surface area contributed by atoms with Crippen LogP contribution in [0.15, 0.2) is 42.6 Å². The molecule has 196 valence electrons. The molecule has 0 fully saturated rings. The molecule has 6 nitrogen and oxygen atoms in total. The molecule has 0 amide bonds. The summed E-state index contributed by atoms with van der Waals surface area (Å²) in [5, 5.41) is 16.0. The van der Waals surface area contributed by atoms with Gasteiger partial charge in [-0.3, -0.25) is 14.1 Å². The van der Waals surface area contributed by atoms with Crippen LogP contribution in [0.1, 0.15) is 42.5 Å². The Morgan fingerprint density at radius 1 is 1.16 bits per heavy atom. The number of hydrogen-bond acceptors (Lipinski definition) is 5.